The summed E-state index contributed by atoms with van der Waals surface area (Å²) in [6.45, 7) is 11.5. The van der Waals surface area contributed by atoms with Gasteiger partial charge in [0.25, 0.3) is 0 Å². The standard InChI is InChI=1S/C15H18O/c1-5-7-10-14(3)11-9-13-16-15(4)12-8-6-2/h5-8,10,12H,2,4,13H2,1,3H3/b7-5-,12-8-,14-10+. The van der Waals surface area contributed by atoms with Crippen LogP contribution in [-0.2, 0) is 4.74 Å². The van der Waals surface area contributed by atoms with Crippen LogP contribution in [0.1, 0.15) is 13.8 Å². The van der Waals surface area contributed by atoms with E-state index in [2.05, 4.69) is 25.0 Å². The molecule has 0 amide bonds. The van der Waals surface area contributed by atoms with Gasteiger partial charge in [-0.2, -0.15) is 0 Å². The van der Waals surface area contributed by atoms with Crippen LogP contribution in [0.4, 0.5) is 0 Å². The molecule has 0 aliphatic heterocycles. The molecule has 0 aromatic rings. The summed E-state index contributed by atoms with van der Waals surface area (Å²) in [7, 11) is 0. The van der Waals surface area contributed by atoms with Crippen molar-refractivity contribution >= 4 is 0 Å². The number of hydrogen-bond acceptors (Lipinski definition) is 1. The SMILES string of the molecule is C=C/C=C\C(=C)OCC#C/C(C)=C/C=C\C. The van der Waals surface area contributed by atoms with Crippen molar-refractivity contribution in [3.05, 3.63) is 60.9 Å². The van der Waals surface area contributed by atoms with Gasteiger partial charge in [-0.3, -0.25) is 0 Å². The fraction of sp³-hybridized carbons (Fsp3) is 0.200. The molecule has 0 aliphatic rings. The predicted molar refractivity (Wildman–Crippen MR) is 70.8 cm³/mol. The predicted octanol–water partition coefficient (Wildman–Crippen LogP) is 3.78. The fourth-order valence-electron chi connectivity index (χ4n) is 0.810. The number of rotatable bonds is 5. The van der Waals surface area contributed by atoms with Crippen LogP contribution < -0.4 is 0 Å². The Morgan fingerprint density at radius 2 is 2.12 bits per heavy atom. The maximum atomic E-state index is 5.25. The summed E-state index contributed by atoms with van der Waals surface area (Å²) in [6.07, 6.45) is 11.1. The minimum atomic E-state index is 0.349. The Kier molecular flexibility index (Phi) is 8.44. The first kappa shape index (κ1) is 14.1. The lowest BCUT2D eigenvalue weighted by atomic mass is 10.3. The zero-order valence-electron chi connectivity index (χ0n) is 9.99. The van der Waals surface area contributed by atoms with E-state index in [1.807, 2.05) is 32.1 Å². The van der Waals surface area contributed by atoms with Crippen molar-refractivity contribution in [2.75, 3.05) is 6.61 Å². The normalized spacial score (nSPS) is 11.2. The molecule has 1 nitrogen and oxygen atoms in total. The molecule has 0 spiro atoms. The van der Waals surface area contributed by atoms with Crippen LogP contribution in [0, 0.1) is 11.8 Å². The number of ether oxygens (including phenoxy) is 1. The van der Waals surface area contributed by atoms with E-state index in [9.17, 15) is 0 Å². The molecule has 0 bridgehead atoms. The highest BCUT2D eigenvalue weighted by molar-refractivity contribution is 5.30. The third-order valence-electron chi connectivity index (χ3n) is 1.57. The molecule has 0 aromatic carbocycles. The van der Waals surface area contributed by atoms with Gasteiger partial charge in [0.15, 0.2) is 0 Å². The second-order valence-electron chi connectivity index (χ2n) is 3.03. The molecule has 0 unspecified atom stereocenters. The molecule has 0 aromatic heterocycles. The van der Waals surface area contributed by atoms with E-state index >= 15 is 0 Å². The summed E-state index contributed by atoms with van der Waals surface area (Å²) in [5.41, 5.74) is 1.01. The summed E-state index contributed by atoms with van der Waals surface area (Å²) < 4.78 is 5.25. The summed E-state index contributed by atoms with van der Waals surface area (Å²) >= 11 is 0. The van der Waals surface area contributed by atoms with Gasteiger partial charge < -0.3 is 4.74 Å². The van der Waals surface area contributed by atoms with Crippen molar-refractivity contribution in [2.45, 2.75) is 13.8 Å². The molecule has 0 N–H and O–H groups in total. The van der Waals surface area contributed by atoms with E-state index in [-0.39, 0.29) is 0 Å². The highest BCUT2D eigenvalue weighted by Crippen LogP contribution is 1.95. The minimum absolute atomic E-state index is 0.349. The Balaban J connectivity index is 3.98. The quantitative estimate of drug-likeness (QED) is 0.384. The van der Waals surface area contributed by atoms with Crippen LogP contribution in [0.25, 0.3) is 0 Å². The number of hydrogen-bond donors (Lipinski definition) is 0. The lowest BCUT2D eigenvalue weighted by Crippen LogP contribution is -1.88. The van der Waals surface area contributed by atoms with Gasteiger partial charge >= 0.3 is 0 Å². The molecule has 0 fully saturated rings. The Hall–Kier alpha value is -1.94. The highest BCUT2D eigenvalue weighted by atomic mass is 16.5. The second kappa shape index (κ2) is 9.61. The van der Waals surface area contributed by atoms with E-state index < -0.39 is 0 Å². The van der Waals surface area contributed by atoms with Crippen molar-refractivity contribution in [2.24, 2.45) is 0 Å². The summed E-state index contributed by atoms with van der Waals surface area (Å²) in [5, 5.41) is 0. The molecular weight excluding hydrogens is 196 g/mol. The molecule has 0 rings (SSSR count). The lowest BCUT2D eigenvalue weighted by molar-refractivity contribution is 0.269. The van der Waals surface area contributed by atoms with Crippen molar-refractivity contribution < 1.29 is 4.74 Å². The maximum absolute atomic E-state index is 5.25. The molecule has 16 heavy (non-hydrogen) atoms. The van der Waals surface area contributed by atoms with Crippen LogP contribution in [0.3, 0.4) is 0 Å². The molecule has 0 saturated carbocycles. The van der Waals surface area contributed by atoms with Gasteiger partial charge in [-0.15, -0.1) is 0 Å². The largest absolute Gasteiger partial charge is 0.482 e. The highest BCUT2D eigenvalue weighted by Gasteiger charge is 1.84. The van der Waals surface area contributed by atoms with Crippen LogP contribution in [-0.4, -0.2) is 6.61 Å². The Morgan fingerprint density at radius 1 is 1.38 bits per heavy atom. The van der Waals surface area contributed by atoms with Gasteiger partial charge in [-0.25, -0.2) is 0 Å². The summed E-state index contributed by atoms with van der Waals surface area (Å²) in [5.74, 6) is 6.47. The second-order valence-corrected chi connectivity index (χ2v) is 3.03. The van der Waals surface area contributed by atoms with E-state index in [1.165, 1.54) is 0 Å². The monoisotopic (exact) mass is 214 g/mol. The first-order valence-electron chi connectivity index (χ1n) is 5.10. The van der Waals surface area contributed by atoms with Crippen molar-refractivity contribution in [3.63, 3.8) is 0 Å². The average molecular weight is 214 g/mol. The first-order chi connectivity index (χ1) is 7.70. The first-order valence-corrected chi connectivity index (χ1v) is 5.10. The van der Waals surface area contributed by atoms with Crippen LogP contribution >= 0.6 is 0 Å². The number of allylic oxidation sites excluding steroid dienone is 7. The smallest absolute Gasteiger partial charge is 0.149 e. The average Bonchev–Trinajstić information content (AvgIpc) is 2.29. The third kappa shape index (κ3) is 8.65. The molecule has 0 heterocycles. The van der Waals surface area contributed by atoms with Crippen molar-refractivity contribution in [1.29, 1.82) is 0 Å². The summed E-state index contributed by atoms with van der Waals surface area (Å²) in [4.78, 5) is 0. The molecule has 84 valence electrons. The summed E-state index contributed by atoms with van der Waals surface area (Å²) in [6, 6.07) is 0. The van der Waals surface area contributed by atoms with E-state index in [0.29, 0.717) is 12.4 Å². The Morgan fingerprint density at radius 3 is 2.75 bits per heavy atom. The van der Waals surface area contributed by atoms with Gasteiger partial charge in [0, 0.05) is 0 Å². The molecule has 0 atom stereocenters. The van der Waals surface area contributed by atoms with Crippen LogP contribution in [0.15, 0.2) is 60.9 Å². The van der Waals surface area contributed by atoms with Crippen molar-refractivity contribution in [1.82, 2.24) is 0 Å². The van der Waals surface area contributed by atoms with Crippen LogP contribution in [0.5, 0.6) is 0 Å². The van der Waals surface area contributed by atoms with E-state index in [0.717, 1.165) is 5.57 Å². The molecule has 1 heteroatoms. The zero-order chi connectivity index (χ0) is 12.2. The van der Waals surface area contributed by atoms with E-state index in [4.69, 9.17) is 4.74 Å². The van der Waals surface area contributed by atoms with Gasteiger partial charge in [0.1, 0.15) is 12.4 Å². The van der Waals surface area contributed by atoms with Gasteiger partial charge in [-0.1, -0.05) is 55.4 Å². The Bertz CT molecular complexity index is 370. The Labute approximate surface area is 98.5 Å². The molecule has 0 radical (unpaired) electrons. The molecule has 0 aliphatic carbocycles. The van der Waals surface area contributed by atoms with E-state index in [1.54, 1.807) is 18.2 Å². The fourth-order valence-corrected chi connectivity index (χ4v) is 0.810. The topological polar surface area (TPSA) is 9.23 Å². The van der Waals surface area contributed by atoms with Crippen LogP contribution in [0.2, 0.25) is 0 Å². The lowest BCUT2D eigenvalue weighted by Gasteiger charge is -1.98. The van der Waals surface area contributed by atoms with Gasteiger partial charge in [0.2, 0.25) is 0 Å². The zero-order valence-corrected chi connectivity index (χ0v) is 9.99. The molecule has 0 saturated heterocycles. The maximum Gasteiger partial charge on any atom is 0.149 e. The minimum Gasteiger partial charge on any atom is -0.482 e. The van der Waals surface area contributed by atoms with Crippen molar-refractivity contribution in [3.8, 4) is 11.8 Å². The van der Waals surface area contributed by atoms with Gasteiger partial charge in [0.05, 0.1) is 0 Å². The molecular formula is C15H18O. The van der Waals surface area contributed by atoms with Gasteiger partial charge in [-0.05, 0) is 25.5 Å². The third-order valence-corrected chi connectivity index (χ3v) is 1.57.